The predicted octanol–water partition coefficient (Wildman–Crippen LogP) is 2.58. The van der Waals surface area contributed by atoms with E-state index >= 15 is 0 Å². The van der Waals surface area contributed by atoms with Crippen LogP contribution in [-0.4, -0.2) is 22.1 Å². The lowest BCUT2D eigenvalue weighted by Gasteiger charge is -2.08. The average Bonchev–Trinajstić information content (AvgIpc) is 2.60. The molecule has 0 saturated carbocycles. The molecule has 0 spiro atoms. The van der Waals surface area contributed by atoms with Gasteiger partial charge in [0.1, 0.15) is 5.75 Å². The van der Waals surface area contributed by atoms with Crippen molar-refractivity contribution in [1.82, 2.24) is 9.88 Å². The van der Waals surface area contributed by atoms with Crippen molar-refractivity contribution >= 4 is 16.8 Å². The second-order valence-electron chi connectivity index (χ2n) is 5.32. The Morgan fingerprint density at radius 1 is 1.42 bits per heavy atom. The average molecular weight is 260 g/mol. The van der Waals surface area contributed by atoms with E-state index in [1.165, 1.54) is 0 Å². The first-order valence-corrected chi connectivity index (χ1v) is 6.48. The van der Waals surface area contributed by atoms with Gasteiger partial charge in [0.05, 0.1) is 11.1 Å². The number of carbonyl (C=O) groups excluding carboxylic acids is 1. The van der Waals surface area contributed by atoms with E-state index in [0.29, 0.717) is 18.0 Å². The minimum atomic E-state index is -0.0533. The number of aromatic hydroxyl groups is 1. The van der Waals surface area contributed by atoms with Gasteiger partial charge in [-0.15, -0.1) is 0 Å². The summed E-state index contributed by atoms with van der Waals surface area (Å²) in [6.07, 6.45) is 0. The van der Waals surface area contributed by atoms with Crippen LogP contribution in [0.5, 0.6) is 5.75 Å². The summed E-state index contributed by atoms with van der Waals surface area (Å²) in [5, 5.41) is 13.4. The van der Waals surface area contributed by atoms with Crippen molar-refractivity contribution in [2.75, 3.05) is 6.54 Å². The van der Waals surface area contributed by atoms with E-state index in [2.05, 4.69) is 19.2 Å². The molecule has 0 bridgehead atoms. The maximum Gasteiger partial charge on any atom is 0.253 e. The van der Waals surface area contributed by atoms with E-state index in [-0.39, 0.29) is 11.7 Å². The number of benzene rings is 1. The molecular weight excluding hydrogens is 240 g/mol. The zero-order chi connectivity index (χ0) is 14.2. The number of hydrogen-bond acceptors (Lipinski definition) is 2. The topological polar surface area (TPSA) is 54.3 Å². The lowest BCUT2D eigenvalue weighted by atomic mass is 10.1. The summed E-state index contributed by atoms with van der Waals surface area (Å²) < 4.78 is 1.93. The molecule has 2 rings (SSSR count). The van der Waals surface area contributed by atoms with Crippen LogP contribution < -0.4 is 5.32 Å². The molecule has 4 nitrogen and oxygen atoms in total. The summed E-state index contributed by atoms with van der Waals surface area (Å²) in [6, 6.07) is 5.09. The van der Waals surface area contributed by atoms with Crippen molar-refractivity contribution in [3.8, 4) is 5.75 Å². The molecule has 0 aliphatic carbocycles. The third kappa shape index (κ3) is 2.43. The highest BCUT2D eigenvalue weighted by atomic mass is 16.3. The van der Waals surface area contributed by atoms with Crippen LogP contribution in [0.15, 0.2) is 18.2 Å². The second-order valence-corrected chi connectivity index (χ2v) is 5.32. The lowest BCUT2D eigenvalue weighted by Crippen LogP contribution is -2.27. The van der Waals surface area contributed by atoms with Crippen LogP contribution in [0.1, 0.15) is 29.9 Å². The Kier molecular flexibility index (Phi) is 3.51. The third-order valence-electron chi connectivity index (χ3n) is 3.37. The van der Waals surface area contributed by atoms with Crippen molar-refractivity contribution in [3.63, 3.8) is 0 Å². The molecular formula is C15H20N2O2. The molecule has 1 aromatic heterocycles. The minimum absolute atomic E-state index is 0.0533. The molecule has 0 aliphatic rings. The number of aromatic nitrogens is 1. The molecule has 0 saturated heterocycles. The number of phenols is 1. The molecule has 1 aromatic carbocycles. The highest BCUT2D eigenvalue weighted by molar-refractivity contribution is 6.08. The SMILES string of the molecule is Cc1c(C(=O)NCC(C)C)c2ccc(O)cc2n1C. The molecule has 1 heterocycles. The van der Waals surface area contributed by atoms with Gasteiger partial charge in [0.2, 0.25) is 0 Å². The number of aryl methyl sites for hydroxylation is 1. The standard InChI is InChI=1S/C15H20N2O2/c1-9(2)8-16-15(19)14-10(3)17(4)13-7-11(18)5-6-12(13)14/h5-7,9,18H,8H2,1-4H3,(H,16,19). The maximum atomic E-state index is 12.3. The van der Waals surface area contributed by atoms with Crippen molar-refractivity contribution < 1.29 is 9.90 Å². The van der Waals surface area contributed by atoms with E-state index < -0.39 is 0 Å². The molecule has 0 atom stereocenters. The van der Waals surface area contributed by atoms with Crippen LogP contribution in [0, 0.1) is 12.8 Å². The molecule has 19 heavy (non-hydrogen) atoms. The molecule has 2 aromatic rings. The number of phenolic OH excluding ortho intramolecular Hbond substituents is 1. The fourth-order valence-electron chi connectivity index (χ4n) is 2.22. The van der Waals surface area contributed by atoms with E-state index in [1.54, 1.807) is 18.2 Å². The van der Waals surface area contributed by atoms with Crippen LogP contribution in [0.25, 0.3) is 10.9 Å². The normalized spacial score (nSPS) is 11.2. The van der Waals surface area contributed by atoms with Crippen LogP contribution in [-0.2, 0) is 7.05 Å². The molecule has 2 N–H and O–H groups in total. The third-order valence-corrected chi connectivity index (χ3v) is 3.37. The van der Waals surface area contributed by atoms with Gasteiger partial charge in [-0.05, 0) is 25.0 Å². The summed E-state index contributed by atoms with van der Waals surface area (Å²) in [7, 11) is 1.90. The Labute approximate surface area is 113 Å². The summed E-state index contributed by atoms with van der Waals surface area (Å²) in [6.45, 7) is 6.70. The lowest BCUT2D eigenvalue weighted by molar-refractivity contribution is 0.0950. The van der Waals surface area contributed by atoms with Gasteiger partial charge in [0.15, 0.2) is 0 Å². The molecule has 1 amide bonds. The highest BCUT2D eigenvalue weighted by Crippen LogP contribution is 2.27. The molecule has 0 radical (unpaired) electrons. The predicted molar refractivity (Wildman–Crippen MR) is 76.5 cm³/mol. The van der Waals surface area contributed by atoms with Crippen LogP contribution in [0.4, 0.5) is 0 Å². The zero-order valence-electron chi connectivity index (χ0n) is 11.8. The van der Waals surface area contributed by atoms with Crippen molar-refractivity contribution in [2.45, 2.75) is 20.8 Å². The first kappa shape index (κ1) is 13.5. The monoisotopic (exact) mass is 260 g/mol. The van der Waals surface area contributed by atoms with E-state index in [9.17, 15) is 9.90 Å². The van der Waals surface area contributed by atoms with Gasteiger partial charge in [-0.2, -0.15) is 0 Å². The highest BCUT2D eigenvalue weighted by Gasteiger charge is 2.18. The number of fused-ring (bicyclic) bond motifs is 1. The van der Waals surface area contributed by atoms with E-state index in [4.69, 9.17) is 0 Å². The van der Waals surface area contributed by atoms with E-state index in [0.717, 1.165) is 16.6 Å². The maximum absolute atomic E-state index is 12.3. The van der Waals surface area contributed by atoms with Gasteiger partial charge in [-0.25, -0.2) is 0 Å². The van der Waals surface area contributed by atoms with Crippen molar-refractivity contribution in [2.24, 2.45) is 13.0 Å². The number of amides is 1. The summed E-state index contributed by atoms with van der Waals surface area (Å²) in [4.78, 5) is 12.3. The Morgan fingerprint density at radius 2 is 2.11 bits per heavy atom. The van der Waals surface area contributed by atoms with Crippen LogP contribution in [0.2, 0.25) is 0 Å². The van der Waals surface area contributed by atoms with Gasteiger partial charge in [0.25, 0.3) is 5.91 Å². The molecule has 0 fully saturated rings. The van der Waals surface area contributed by atoms with Gasteiger partial charge >= 0.3 is 0 Å². The minimum Gasteiger partial charge on any atom is -0.508 e. The van der Waals surface area contributed by atoms with Gasteiger partial charge in [-0.3, -0.25) is 4.79 Å². The summed E-state index contributed by atoms with van der Waals surface area (Å²) >= 11 is 0. The Balaban J connectivity index is 2.48. The first-order chi connectivity index (χ1) is 8.91. The largest absolute Gasteiger partial charge is 0.508 e. The number of carbonyl (C=O) groups is 1. The molecule has 102 valence electrons. The second kappa shape index (κ2) is 4.96. The molecule has 0 unspecified atom stereocenters. The van der Waals surface area contributed by atoms with Crippen LogP contribution >= 0.6 is 0 Å². The van der Waals surface area contributed by atoms with Crippen molar-refractivity contribution in [1.29, 1.82) is 0 Å². The Bertz CT molecular complexity index is 627. The van der Waals surface area contributed by atoms with Crippen molar-refractivity contribution in [3.05, 3.63) is 29.5 Å². The molecule has 4 heteroatoms. The smallest absolute Gasteiger partial charge is 0.253 e. The number of hydrogen-bond donors (Lipinski definition) is 2. The zero-order valence-corrected chi connectivity index (χ0v) is 11.8. The number of nitrogens with one attached hydrogen (secondary N) is 1. The number of nitrogens with zero attached hydrogens (tertiary/aromatic N) is 1. The Hall–Kier alpha value is -1.97. The Morgan fingerprint density at radius 3 is 2.74 bits per heavy atom. The quantitative estimate of drug-likeness (QED) is 0.891. The van der Waals surface area contributed by atoms with Gasteiger partial charge < -0.3 is 15.0 Å². The van der Waals surface area contributed by atoms with Crippen LogP contribution in [0.3, 0.4) is 0 Å². The first-order valence-electron chi connectivity index (χ1n) is 6.48. The number of rotatable bonds is 3. The fourth-order valence-corrected chi connectivity index (χ4v) is 2.22. The fraction of sp³-hybridized carbons (Fsp3) is 0.400. The molecule has 0 aliphatic heterocycles. The van der Waals surface area contributed by atoms with Gasteiger partial charge in [-0.1, -0.05) is 13.8 Å². The summed E-state index contributed by atoms with van der Waals surface area (Å²) in [5.74, 6) is 0.577. The van der Waals surface area contributed by atoms with Gasteiger partial charge in [0, 0.05) is 30.7 Å². The van der Waals surface area contributed by atoms with E-state index in [1.807, 2.05) is 18.5 Å². The summed E-state index contributed by atoms with van der Waals surface area (Å²) in [5.41, 5.74) is 2.47.